The van der Waals surface area contributed by atoms with Crippen LogP contribution in [0.15, 0.2) is 10.9 Å². The summed E-state index contributed by atoms with van der Waals surface area (Å²) < 4.78 is 0. The highest BCUT2D eigenvalue weighted by Crippen LogP contribution is 2.63. The normalized spacial score (nSPS) is 31.9. The van der Waals surface area contributed by atoms with Gasteiger partial charge in [0, 0.05) is 11.3 Å². The summed E-state index contributed by atoms with van der Waals surface area (Å²) in [6.45, 7) is 5.33. The second-order valence-corrected chi connectivity index (χ2v) is 4.77. The Morgan fingerprint density at radius 3 is 2.83 bits per heavy atom. The highest BCUT2D eigenvalue weighted by molar-refractivity contribution is 7.07. The van der Waals surface area contributed by atoms with Crippen LogP contribution in [-0.2, 0) is 0 Å². The maximum Gasteiger partial charge on any atom is 0.0794 e. The van der Waals surface area contributed by atoms with E-state index in [-0.39, 0.29) is 0 Å². The summed E-state index contributed by atoms with van der Waals surface area (Å²) in [7, 11) is 0. The number of nitrogens with two attached hydrogens (primary N) is 1. The summed E-state index contributed by atoms with van der Waals surface area (Å²) in [4.78, 5) is 4.34. The molecule has 1 aromatic rings. The summed E-state index contributed by atoms with van der Waals surface area (Å²) in [6.07, 6.45) is 0. The van der Waals surface area contributed by atoms with E-state index in [0.29, 0.717) is 17.3 Å². The number of rotatable bonds is 2. The molecule has 0 aromatic carbocycles. The molecule has 2 rings (SSSR count). The molecule has 2 atom stereocenters. The Kier molecular flexibility index (Phi) is 1.73. The van der Waals surface area contributed by atoms with Crippen LogP contribution in [-0.4, -0.2) is 11.5 Å². The van der Waals surface area contributed by atoms with Gasteiger partial charge in [-0.15, -0.1) is 11.3 Å². The lowest BCUT2D eigenvalue weighted by Crippen LogP contribution is -2.05. The Labute approximate surface area is 76.8 Å². The van der Waals surface area contributed by atoms with Gasteiger partial charge in [-0.05, 0) is 17.9 Å². The van der Waals surface area contributed by atoms with Crippen molar-refractivity contribution in [2.24, 2.45) is 17.1 Å². The minimum absolute atomic E-state index is 0.378. The van der Waals surface area contributed by atoms with Crippen LogP contribution in [0.5, 0.6) is 0 Å². The predicted octanol–water partition coefficient (Wildman–Crippen LogP) is 1.84. The molecule has 2 N–H and O–H groups in total. The average molecular weight is 182 g/mol. The van der Waals surface area contributed by atoms with E-state index in [4.69, 9.17) is 5.73 Å². The third kappa shape index (κ3) is 1.00. The van der Waals surface area contributed by atoms with Crippen LogP contribution in [0.25, 0.3) is 0 Å². The van der Waals surface area contributed by atoms with Crippen LogP contribution in [0.2, 0.25) is 0 Å². The number of nitrogens with zero attached hydrogens (tertiary/aromatic N) is 1. The van der Waals surface area contributed by atoms with E-state index < -0.39 is 0 Å². The molecule has 12 heavy (non-hydrogen) atoms. The van der Waals surface area contributed by atoms with E-state index in [0.717, 1.165) is 6.54 Å². The second-order valence-electron chi connectivity index (χ2n) is 4.05. The lowest BCUT2D eigenvalue weighted by Gasteiger charge is -1.98. The monoisotopic (exact) mass is 182 g/mol. The van der Waals surface area contributed by atoms with Crippen molar-refractivity contribution >= 4 is 11.3 Å². The fraction of sp³-hybridized carbons (Fsp3) is 0.667. The summed E-state index contributed by atoms with van der Waals surface area (Å²) in [6, 6.07) is 0. The van der Waals surface area contributed by atoms with Crippen LogP contribution < -0.4 is 5.73 Å². The Hall–Kier alpha value is -0.410. The van der Waals surface area contributed by atoms with E-state index in [1.807, 2.05) is 5.51 Å². The number of thiazole rings is 1. The molecule has 0 amide bonds. The molecule has 0 radical (unpaired) electrons. The Morgan fingerprint density at radius 1 is 1.67 bits per heavy atom. The van der Waals surface area contributed by atoms with E-state index in [9.17, 15) is 0 Å². The van der Waals surface area contributed by atoms with Crippen molar-refractivity contribution in [3.63, 3.8) is 0 Å². The van der Waals surface area contributed by atoms with E-state index in [1.165, 1.54) is 5.69 Å². The van der Waals surface area contributed by atoms with Crippen molar-refractivity contribution in [2.75, 3.05) is 6.54 Å². The molecular formula is C9H14N2S. The first kappa shape index (κ1) is 8.20. The van der Waals surface area contributed by atoms with Crippen LogP contribution in [0.1, 0.15) is 25.5 Å². The molecule has 0 aliphatic heterocycles. The second kappa shape index (κ2) is 2.54. The molecule has 1 fully saturated rings. The van der Waals surface area contributed by atoms with Crippen molar-refractivity contribution in [2.45, 2.75) is 19.8 Å². The minimum atomic E-state index is 0.378. The fourth-order valence-corrected chi connectivity index (χ4v) is 2.74. The molecule has 1 aliphatic rings. The van der Waals surface area contributed by atoms with Gasteiger partial charge in [0.25, 0.3) is 0 Å². The van der Waals surface area contributed by atoms with E-state index in [1.54, 1.807) is 11.3 Å². The Morgan fingerprint density at radius 2 is 2.42 bits per heavy atom. The first-order valence-electron chi connectivity index (χ1n) is 4.26. The molecule has 3 heteroatoms. The maximum atomic E-state index is 5.68. The van der Waals surface area contributed by atoms with Gasteiger partial charge in [0.15, 0.2) is 0 Å². The molecule has 1 saturated carbocycles. The van der Waals surface area contributed by atoms with Gasteiger partial charge >= 0.3 is 0 Å². The maximum absolute atomic E-state index is 5.68. The van der Waals surface area contributed by atoms with Gasteiger partial charge in [0.05, 0.1) is 11.2 Å². The van der Waals surface area contributed by atoms with Crippen LogP contribution in [0.4, 0.5) is 0 Å². The topological polar surface area (TPSA) is 38.9 Å². The first-order valence-corrected chi connectivity index (χ1v) is 5.20. The standard InChI is InChI=1S/C9H14N2S/c1-9(2)6(3-10)8(9)7-4-12-5-11-7/h4-6,8H,3,10H2,1-2H3/t6-,8+/m1/s1. The van der Waals surface area contributed by atoms with Gasteiger partial charge in [-0.3, -0.25) is 0 Å². The minimum Gasteiger partial charge on any atom is -0.330 e. The highest BCUT2D eigenvalue weighted by atomic mass is 32.1. The molecular weight excluding hydrogens is 168 g/mol. The van der Waals surface area contributed by atoms with Gasteiger partial charge in [0.1, 0.15) is 0 Å². The van der Waals surface area contributed by atoms with Crippen molar-refractivity contribution < 1.29 is 0 Å². The van der Waals surface area contributed by atoms with Crippen molar-refractivity contribution in [3.8, 4) is 0 Å². The van der Waals surface area contributed by atoms with Crippen molar-refractivity contribution in [1.82, 2.24) is 4.98 Å². The Bertz CT molecular complexity index is 266. The van der Waals surface area contributed by atoms with Crippen molar-refractivity contribution in [3.05, 3.63) is 16.6 Å². The van der Waals surface area contributed by atoms with Gasteiger partial charge in [-0.1, -0.05) is 13.8 Å². The SMILES string of the molecule is CC1(C)[C@H](CN)[C@H]1c1cscn1. The largest absolute Gasteiger partial charge is 0.330 e. The smallest absolute Gasteiger partial charge is 0.0794 e. The molecule has 0 unspecified atom stereocenters. The van der Waals surface area contributed by atoms with Gasteiger partial charge in [-0.2, -0.15) is 0 Å². The molecule has 66 valence electrons. The average Bonchev–Trinajstić information content (AvgIpc) is 2.50. The van der Waals surface area contributed by atoms with Gasteiger partial charge in [-0.25, -0.2) is 4.98 Å². The number of hydrogen-bond acceptors (Lipinski definition) is 3. The third-order valence-electron chi connectivity index (χ3n) is 3.07. The third-order valence-corrected chi connectivity index (χ3v) is 3.68. The van der Waals surface area contributed by atoms with Crippen LogP contribution in [0, 0.1) is 11.3 Å². The fourth-order valence-electron chi connectivity index (χ4n) is 2.15. The zero-order chi connectivity index (χ0) is 8.77. The molecule has 1 aliphatic carbocycles. The molecule has 0 bridgehead atoms. The van der Waals surface area contributed by atoms with E-state index >= 15 is 0 Å². The van der Waals surface area contributed by atoms with Crippen LogP contribution >= 0.6 is 11.3 Å². The molecule has 2 nitrogen and oxygen atoms in total. The molecule has 1 aromatic heterocycles. The van der Waals surface area contributed by atoms with Gasteiger partial charge in [0.2, 0.25) is 0 Å². The lowest BCUT2D eigenvalue weighted by atomic mass is 10.1. The predicted molar refractivity (Wildman–Crippen MR) is 51.2 cm³/mol. The summed E-state index contributed by atoms with van der Waals surface area (Å²) >= 11 is 1.67. The Balaban J connectivity index is 2.19. The lowest BCUT2D eigenvalue weighted by molar-refractivity contribution is 0.557. The molecule has 0 spiro atoms. The summed E-state index contributed by atoms with van der Waals surface area (Å²) in [5, 5.41) is 2.14. The first-order chi connectivity index (χ1) is 5.68. The van der Waals surface area contributed by atoms with Gasteiger partial charge < -0.3 is 5.73 Å². The number of aromatic nitrogens is 1. The molecule has 1 heterocycles. The highest BCUT2D eigenvalue weighted by Gasteiger charge is 2.58. The molecule has 0 saturated heterocycles. The van der Waals surface area contributed by atoms with E-state index in [2.05, 4.69) is 24.2 Å². The summed E-state index contributed by atoms with van der Waals surface area (Å²) in [5.74, 6) is 1.24. The zero-order valence-electron chi connectivity index (χ0n) is 7.45. The van der Waals surface area contributed by atoms with Crippen LogP contribution in [0.3, 0.4) is 0 Å². The zero-order valence-corrected chi connectivity index (χ0v) is 8.27. The summed E-state index contributed by atoms with van der Waals surface area (Å²) in [5.41, 5.74) is 9.20. The van der Waals surface area contributed by atoms with Crippen molar-refractivity contribution in [1.29, 1.82) is 0 Å². The quantitative estimate of drug-likeness (QED) is 0.758. The number of hydrogen-bond donors (Lipinski definition) is 1.